The first-order chi connectivity index (χ1) is 40.7. The molecule has 0 amide bonds. The molecule has 0 atom stereocenters. The summed E-state index contributed by atoms with van der Waals surface area (Å²) in [6, 6.07) is 116. The predicted molar refractivity (Wildman–Crippen MR) is 347 cm³/mol. The highest BCUT2D eigenvalue weighted by Gasteiger charge is 2.54. The number of nitrogens with zero attached hydrogens (tertiary/aromatic N) is 2. The van der Waals surface area contributed by atoms with Crippen molar-refractivity contribution in [1.82, 2.24) is 0 Å². The summed E-state index contributed by atoms with van der Waals surface area (Å²) in [5.74, 6) is 0. The molecule has 0 saturated carbocycles. The smallest absolute Gasteiger partial charge is 0.0740 e. The summed E-state index contributed by atoms with van der Waals surface area (Å²) in [5, 5.41) is 5.00. The molecule has 0 unspecified atom stereocenters. The zero-order valence-electron chi connectivity index (χ0n) is 44.8. The maximum atomic E-state index is 2.39. The first kappa shape index (κ1) is 47.7. The van der Waals surface area contributed by atoms with Gasteiger partial charge in [0.05, 0.1) is 5.41 Å². The van der Waals surface area contributed by atoms with Gasteiger partial charge in [0.1, 0.15) is 0 Å². The second kappa shape index (κ2) is 19.5. The molecule has 0 aliphatic heterocycles. The molecule has 0 bridgehead atoms. The van der Waals surface area contributed by atoms with Crippen LogP contribution in [0.2, 0.25) is 0 Å². The van der Waals surface area contributed by atoms with Gasteiger partial charge in [-0.2, -0.15) is 0 Å². The van der Waals surface area contributed by atoms with Gasteiger partial charge in [-0.05, 0) is 167 Å². The van der Waals surface area contributed by atoms with Crippen LogP contribution in [0.1, 0.15) is 22.3 Å². The van der Waals surface area contributed by atoms with Gasteiger partial charge in [-0.25, -0.2) is 0 Å². The molecule has 0 N–H and O–H groups in total. The molecule has 3 heteroatoms. The third kappa shape index (κ3) is 7.55. The molecule has 0 radical (unpaired) electrons. The summed E-state index contributed by atoms with van der Waals surface area (Å²) in [4.78, 5) is 7.31. The van der Waals surface area contributed by atoms with Crippen LogP contribution in [-0.4, -0.2) is 0 Å². The average Bonchev–Trinajstić information content (AvgIpc) is 2.02. The normalized spacial score (nSPS) is 12.5. The molecule has 2 aliphatic rings. The Kier molecular flexibility index (Phi) is 11.3. The minimum Gasteiger partial charge on any atom is -0.311 e. The number of para-hydroxylation sites is 2. The van der Waals surface area contributed by atoms with E-state index in [1.165, 1.54) is 109 Å². The third-order valence-electron chi connectivity index (χ3n) is 17.1. The van der Waals surface area contributed by atoms with Gasteiger partial charge in [0.15, 0.2) is 0 Å². The molecular weight excluding hydrogens is 1010 g/mol. The van der Waals surface area contributed by atoms with Crippen molar-refractivity contribution in [2.75, 3.05) is 9.80 Å². The lowest BCUT2D eigenvalue weighted by atomic mass is 9.70. The van der Waals surface area contributed by atoms with Gasteiger partial charge < -0.3 is 9.80 Å². The van der Waals surface area contributed by atoms with Gasteiger partial charge in [-0.15, -0.1) is 11.3 Å². The number of benzene rings is 13. The Morgan fingerprint density at radius 2 is 0.549 bits per heavy atom. The Bertz CT molecular complexity index is 4660. The maximum absolute atomic E-state index is 2.39. The fourth-order valence-electron chi connectivity index (χ4n) is 13.5. The monoisotopic (exact) mass is 1060 g/mol. The van der Waals surface area contributed by atoms with Crippen LogP contribution in [0.4, 0.5) is 34.1 Å². The van der Waals surface area contributed by atoms with Crippen LogP contribution in [0.5, 0.6) is 0 Å². The average molecular weight is 1060 g/mol. The first-order valence-electron chi connectivity index (χ1n) is 28.2. The van der Waals surface area contributed by atoms with Crippen molar-refractivity contribution in [3.8, 4) is 65.4 Å². The van der Waals surface area contributed by atoms with Crippen molar-refractivity contribution < 1.29 is 0 Å². The van der Waals surface area contributed by atoms with Gasteiger partial charge in [0.25, 0.3) is 0 Å². The standard InChI is InChI=1S/C79H52N2S/c1-3-23-59(24-4-1)80(61-45-37-55(38-46-61)67-32-17-21-53-19-7-9-27-65(53)67)63-49-41-57(42-50-63)77-75-71-31-13-16-36-74(71)79(72-34-14-11-29-69(72)70-30-12-15-35-73(70)79)76(75)78(82-77)58-43-51-64(52-44-58)81(60-25-5-2-6-26-60)62-47-39-56(40-48-62)68-33-18-22-54-20-8-10-28-66(54)68/h1-52H. The van der Waals surface area contributed by atoms with Crippen LogP contribution in [-0.2, 0) is 5.41 Å². The summed E-state index contributed by atoms with van der Waals surface area (Å²) in [6.07, 6.45) is 0. The Morgan fingerprint density at radius 1 is 0.232 bits per heavy atom. The second-order valence-corrected chi connectivity index (χ2v) is 22.5. The van der Waals surface area contributed by atoms with Crippen LogP contribution in [0, 0.1) is 0 Å². The number of rotatable bonds is 10. The van der Waals surface area contributed by atoms with E-state index in [1.807, 2.05) is 11.3 Å². The van der Waals surface area contributed by atoms with Crippen LogP contribution in [0.3, 0.4) is 0 Å². The molecule has 16 rings (SSSR count). The number of anilines is 6. The molecule has 1 heterocycles. The molecule has 13 aromatic carbocycles. The second-order valence-electron chi connectivity index (χ2n) is 21.5. The molecule has 1 spiro atoms. The number of fused-ring (bicyclic) bond motifs is 12. The van der Waals surface area contributed by atoms with E-state index in [2.05, 4.69) is 325 Å². The zero-order valence-corrected chi connectivity index (χ0v) is 45.6. The molecule has 384 valence electrons. The first-order valence-corrected chi connectivity index (χ1v) is 29.0. The highest BCUT2D eigenvalue weighted by Crippen LogP contribution is 2.68. The van der Waals surface area contributed by atoms with E-state index < -0.39 is 5.41 Å². The predicted octanol–water partition coefficient (Wildman–Crippen LogP) is 22.0. The topological polar surface area (TPSA) is 6.48 Å². The molecule has 1 aromatic heterocycles. The summed E-state index contributed by atoms with van der Waals surface area (Å²) >= 11 is 1.93. The van der Waals surface area contributed by atoms with Crippen LogP contribution < -0.4 is 9.80 Å². The highest BCUT2D eigenvalue weighted by molar-refractivity contribution is 7.19. The van der Waals surface area contributed by atoms with Crippen molar-refractivity contribution >= 4 is 67.0 Å². The van der Waals surface area contributed by atoms with Crippen molar-refractivity contribution in [2.45, 2.75) is 5.41 Å². The lowest BCUT2D eigenvalue weighted by Crippen LogP contribution is -2.26. The Morgan fingerprint density at radius 3 is 1.00 bits per heavy atom. The molecular formula is C79H52N2S. The van der Waals surface area contributed by atoms with Gasteiger partial charge in [-0.1, -0.05) is 243 Å². The molecule has 14 aromatic rings. The van der Waals surface area contributed by atoms with Crippen molar-refractivity contribution in [1.29, 1.82) is 0 Å². The van der Waals surface area contributed by atoms with Gasteiger partial charge in [0.2, 0.25) is 0 Å². The Labute approximate surface area is 482 Å². The highest BCUT2D eigenvalue weighted by atomic mass is 32.1. The zero-order chi connectivity index (χ0) is 54.1. The van der Waals surface area contributed by atoms with E-state index in [4.69, 9.17) is 0 Å². The van der Waals surface area contributed by atoms with E-state index in [0.717, 1.165) is 34.1 Å². The molecule has 2 nitrogen and oxygen atoms in total. The SMILES string of the molecule is c1ccc(N(c2ccc(-c3sc(-c4ccc(N(c5ccccc5)c5ccc(-c6cccc7ccccc67)cc5)cc4)c4c3-c3ccccc3C43c4ccccc4-c4ccccc43)cc2)c2ccc(-c3cccc4ccccc34)cc2)cc1. The van der Waals surface area contributed by atoms with Crippen molar-refractivity contribution in [3.05, 3.63) is 338 Å². The van der Waals surface area contributed by atoms with E-state index >= 15 is 0 Å². The minimum atomic E-state index is -0.522. The van der Waals surface area contributed by atoms with Crippen molar-refractivity contribution in [2.24, 2.45) is 0 Å². The third-order valence-corrected chi connectivity index (χ3v) is 18.4. The molecule has 0 saturated heterocycles. The summed E-state index contributed by atoms with van der Waals surface area (Å²) in [6.45, 7) is 0. The lowest BCUT2D eigenvalue weighted by molar-refractivity contribution is 0.798. The maximum Gasteiger partial charge on any atom is 0.0740 e. The fraction of sp³-hybridized carbons (Fsp3) is 0.0127. The Balaban J connectivity index is 0.835. The largest absolute Gasteiger partial charge is 0.311 e. The lowest BCUT2D eigenvalue weighted by Gasteiger charge is -2.31. The Hall–Kier alpha value is -10.3. The van der Waals surface area contributed by atoms with Crippen molar-refractivity contribution in [3.63, 3.8) is 0 Å². The van der Waals surface area contributed by atoms with Gasteiger partial charge in [-0.3, -0.25) is 0 Å². The molecule has 2 aliphatic carbocycles. The van der Waals surface area contributed by atoms with Crippen LogP contribution >= 0.6 is 11.3 Å². The quantitative estimate of drug-likeness (QED) is 0.135. The van der Waals surface area contributed by atoms with E-state index in [0.29, 0.717) is 0 Å². The molecule has 0 fully saturated rings. The van der Waals surface area contributed by atoms with Crippen LogP contribution in [0.15, 0.2) is 315 Å². The number of hydrogen-bond acceptors (Lipinski definition) is 3. The van der Waals surface area contributed by atoms with E-state index in [1.54, 1.807) is 0 Å². The summed E-state index contributed by atoms with van der Waals surface area (Å²) < 4.78 is 0. The number of hydrogen-bond donors (Lipinski definition) is 0. The fourth-order valence-corrected chi connectivity index (χ4v) is 14.9. The number of thiophene rings is 1. The van der Waals surface area contributed by atoms with Gasteiger partial charge >= 0.3 is 0 Å². The van der Waals surface area contributed by atoms with E-state index in [9.17, 15) is 0 Å². The van der Waals surface area contributed by atoms with E-state index in [-0.39, 0.29) is 0 Å². The molecule has 82 heavy (non-hydrogen) atoms. The summed E-state index contributed by atoms with van der Waals surface area (Å²) in [5.41, 5.74) is 23.9. The van der Waals surface area contributed by atoms with Gasteiger partial charge in [0, 0.05) is 49.4 Å². The minimum absolute atomic E-state index is 0.522. The van der Waals surface area contributed by atoms with Crippen LogP contribution in [0.25, 0.3) is 86.9 Å². The summed E-state index contributed by atoms with van der Waals surface area (Å²) in [7, 11) is 0.